The summed E-state index contributed by atoms with van der Waals surface area (Å²) in [4.78, 5) is 0.00190. The van der Waals surface area contributed by atoms with Crippen molar-refractivity contribution < 1.29 is 8.42 Å². The first-order chi connectivity index (χ1) is 7.99. The van der Waals surface area contributed by atoms with Crippen LogP contribution in [-0.2, 0) is 22.1 Å². The maximum atomic E-state index is 11.0. The summed E-state index contributed by atoms with van der Waals surface area (Å²) in [6, 6.07) is 0. The number of hydrogen-bond acceptors (Lipinski definition) is 4. The monoisotopic (exact) mass is 274 g/mol. The molecule has 0 saturated carbocycles. The van der Waals surface area contributed by atoms with Crippen molar-refractivity contribution in [2.24, 2.45) is 0 Å². The Kier molecular flexibility index (Phi) is 3.21. The van der Waals surface area contributed by atoms with Crippen LogP contribution in [0.15, 0.2) is 29.7 Å². The molecule has 0 bridgehead atoms. The molecule has 0 N–H and O–H groups in total. The van der Waals surface area contributed by atoms with Crippen LogP contribution >= 0.6 is 10.7 Å². The predicted molar refractivity (Wildman–Crippen MR) is 62.3 cm³/mol. The van der Waals surface area contributed by atoms with Crippen LogP contribution in [-0.4, -0.2) is 28.0 Å². The summed E-state index contributed by atoms with van der Waals surface area (Å²) in [5.41, 5.74) is 0.952. The van der Waals surface area contributed by atoms with E-state index < -0.39 is 9.05 Å². The van der Waals surface area contributed by atoms with E-state index in [2.05, 4.69) is 10.2 Å². The van der Waals surface area contributed by atoms with Gasteiger partial charge >= 0.3 is 0 Å². The van der Waals surface area contributed by atoms with E-state index in [-0.39, 0.29) is 4.90 Å². The fourth-order valence-corrected chi connectivity index (χ4v) is 2.06. The first-order valence-corrected chi connectivity index (χ1v) is 7.28. The summed E-state index contributed by atoms with van der Waals surface area (Å²) in [5, 5.41) is 8.05. The molecule has 2 aromatic rings. The van der Waals surface area contributed by atoms with Gasteiger partial charge in [0, 0.05) is 35.2 Å². The van der Waals surface area contributed by atoms with Crippen molar-refractivity contribution >= 4 is 19.7 Å². The molecule has 0 atom stereocenters. The van der Waals surface area contributed by atoms with E-state index in [4.69, 9.17) is 10.7 Å². The Hall–Kier alpha value is -1.34. The van der Waals surface area contributed by atoms with Gasteiger partial charge in [0.15, 0.2) is 0 Å². The standard InChI is InChI=1S/C9H11ClN4O2S/c1-2-13-5-8(3-11-13)6-14-7-9(4-12-14)17(10,15)16/h3-5,7H,2,6H2,1H3. The molecule has 0 radical (unpaired) electrons. The Balaban J connectivity index is 2.17. The van der Waals surface area contributed by atoms with Gasteiger partial charge in [0.2, 0.25) is 0 Å². The number of halogens is 1. The van der Waals surface area contributed by atoms with Gasteiger partial charge in [-0.05, 0) is 6.92 Å². The highest BCUT2D eigenvalue weighted by molar-refractivity contribution is 8.13. The number of aryl methyl sites for hydroxylation is 1. The molecule has 0 unspecified atom stereocenters. The normalized spacial score (nSPS) is 11.9. The van der Waals surface area contributed by atoms with Gasteiger partial charge in [-0.25, -0.2) is 8.42 Å². The summed E-state index contributed by atoms with van der Waals surface area (Å²) in [6.07, 6.45) is 6.23. The molecule has 6 nitrogen and oxygen atoms in total. The molecule has 0 saturated heterocycles. The molecule has 17 heavy (non-hydrogen) atoms. The molecular weight excluding hydrogens is 264 g/mol. The van der Waals surface area contributed by atoms with Crippen LogP contribution in [0, 0.1) is 0 Å². The van der Waals surface area contributed by atoms with Gasteiger partial charge in [0.1, 0.15) is 4.90 Å². The van der Waals surface area contributed by atoms with Crippen LogP contribution in [0.4, 0.5) is 0 Å². The van der Waals surface area contributed by atoms with Crippen LogP contribution < -0.4 is 0 Å². The van der Waals surface area contributed by atoms with Crippen molar-refractivity contribution in [3.63, 3.8) is 0 Å². The van der Waals surface area contributed by atoms with Crippen LogP contribution in [0.25, 0.3) is 0 Å². The van der Waals surface area contributed by atoms with Crippen LogP contribution in [0.1, 0.15) is 12.5 Å². The molecule has 0 amide bonds. The van der Waals surface area contributed by atoms with Gasteiger partial charge in [0.25, 0.3) is 9.05 Å². The Morgan fingerprint density at radius 2 is 1.94 bits per heavy atom. The molecule has 0 aliphatic rings. The number of aromatic nitrogens is 4. The Labute approximate surface area is 103 Å². The van der Waals surface area contributed by atoms with Crippen LogP contribution in [0.3, 0.4) is 0 Å². The zero-order valence-corrected chi connectivity index (χ0v) is 10.7. The number of nitrogens with zero attached hydrogens (tertiary/aromatic N) is 4. The second kappa shape index (κ2) is 4.50. The zero-order chi connectivity index (χ0) is 12.5. The Morgan fingerprint density at radius 1 is 1.24 bits per heavy atom. The molecule has 0 aliphatic heterocycles. The average Bonchev–Trinajstić information content (AvgIpc) is 2.86. The molecule has 0 aromatic carbocycles. The quantitative estimate of drug-likeness (QED) is 0.782. The van der Waals surface area contributed by atoms with Crippen molar-refractivity contribution in [3.8, 4) is 0 Å². The smallest absolute Gasteiger partial charge is 0.264 e. The third kappa shape index (κ3) is 2.86. The number of hydrogen-bond donors (Lipinski definition) is 0. The van der Waals surface area contributed by atoms with E-state index in [1.165, 1.54) is 17.1 Å². The zero-order valence-electron chi connectivity index (χ0n) is 9.12. The van der Waals surface area contributed by atoms with Crippen molar-refractivity contribution in [3.05, 3.63) is 30.4 Å². The van der Waals surface area contributed by atoms with Gasteiger partial charge in [-0.15, -0.1) is 0 Å². The predicted octanol–water partition coefficient (Wildman–Crippen LogP) is 1.08. The highest BCUT2D eigenvalue weighted by atomic mass is 35.7. The molecule has 2 aromatic heterocycles. The topological polar surface area (TPSA) is 69.8 Å². The van der Waals surface area contributed by atoms with Gasteiger partial charge in [0.05, 0.1) is 18.9 Å². The minimum Gasteiger partial charge on any atom is -0.273 e. The SMILES string of the molecule is CCn1cc(Cn2cc(S(=O)(=O)Cl)cn2)cn1. The Morgan fingerprint density at radius 3 is 2.47 bits per heavy atom. The second-order valence-corrected chi connectivity index (χ2v) is 6.08. The highest BCUT2D eigenvalue weighted by Gasteiger charge is 2.12. The summed E-state index contributed by atoms with van der Waals surface area (Å²) >= 11 is 0. The minimum absolute atomic E-state index is 0.00190. The fourth-order valence-electron chi connectivity index (χ4n) is 1.41. The van der Waals surface area contributed by atoms with E-state index in [0.717, 1.165) is 12.1 Å². The van der Waals surface area contributed by atoms with E-state index >= 15 is 0 Å². The van der Waals surface area contributed by atoms with Gasteiger partial charge in [-0.2, -0.15) is 10.2 Å². The Bertz CT molecular complexity index is 616. The molecule has 0 fully saturated rings. The average molecular weight is 275 g/mol. The molecule has 8 heteroatoms. The van der Waals surface area contributed by atoms with E-state index in [0.29, 0.717) is 6.54 Å². The molecule has 0 spiro atoms. The lowest BCUT2D eigenvalue weighted by Gasteiger charge is -1.96. The van der Waals surface area contributed by atoms with E-state index in [1.54, 1.807) is 10.9 Å². The third-order valence-corrected chi connectivity index (χ3v) is 3.55. The molecule has 0 aliphatic carbocycles. The molecule has 2 heterocycles. The lowest BCUT2D eigenvalue weighted by atomic mass is 10.4. The largest absolute Gasteiger partial charge is 0.273 e. The number of rotatable bonds is 4. The first-order valence-electron chi connectivity index (χ1n) is 4.97. The lowest BCUT2D eigenvalue weighted by molar-refractivity contribution is 0.609. The minimum atomic E-state index is -3.71. The fraction of sp³-hybridized carbons (Fsp3) is 0.333. The summed E-state index contributed by atoms with van der Waals surface area (Å²) in [5.74, 6) is 0. The van der Waals surface area contributed by atoms with E-state index in [1.807, 2.05) is 13.1 Å². The van der Waals surface area contributed by atoms with Gasteiger partial charge in [-0.3, -0.25) is 9.36 Å². The maximum Gasteiger partial charge on any atom is 0.264 e. The van der Waals surface area contributed by atoms with Crippen molar-refractivity contribution in [2.45, 2.75) is 24.9 Å². The van der Waals surface area contributed by atoms with E-state index in [9.17, 15) is 8.42 Å². The van der Waals surface area contributed by atoms with Crippen LogP contribution in [0.5, 0.6) is 0 Å². The highest BCUT2D eigenvalue weighted by Crippen LogP contribution is 2.13. The summed E-state index contributed by atoms with van der Waals surface area (Å²) < 4.78 is 25.4. The van der Waals surface area contributed by atoms with Gasteiger partial charge in [-0.1, -0.05) is 0 Å². The van der Waals surface area contributed by atoms with Crippen molar-refractivity contribution in [1.29, 1.82) is 0 Å². The van der Waals surface area contributed by atoms with Crippen molar-refractivity contribution in [1.82, 2.24) is 19.6 Å². The van der Waals surface area contributed by atoms with Crippen LogP contribution in [0.2, 0.25) is 0 Å². The molecular formula is C9H11ClN4O2S. The summed E-state index contributed by atoms with van der Waals surface area (Å²) in [6.45, 7) is 3.25. The van der Waals surface area contributed by atoms with Gasteiger partial charge < -0.3 is 0 Å². The summed E-state index contributed by atoms with van der Waals surface area (Å²) in [7, 11) is 1.50. The first kappa shape index (κ1) is 12.1. The maximum absolute atomic E-state index is 11.0. The second-order valence-electron chi connectivity index (χ2n) is 3.52. The molecule has 92 valence electrons. The van der Waals surface area contributed by atoms with Crippen molar-refractivity contribution in [2.75, 3.05) is 0 Å². The lowest BCUT2D eigenvalue weighted by Crippen LogP contribution is -1.99. The molecule has 2 rings (SSSR count). The third-order valence-electron chi connectivity index (χ3n) is 2.25.